The molecule has 1 amide bonds. The van der Waals surface area contributed by atoms with Crippen LogP contribution in [0.1, 0.15) is 77.7 Å². The van der Waals surface area contributed by atoms with Gasteiger partial charge in [-0.2, -0.15) is 0 Å². The Morgan fingerprint density at radius 2 is 1.64 bits per heavy atom. The first-order valence-electron chi connectivity index (χ1n) is 12.6. The number of hydrogen-bond acceptors (Lipinski definition) is 3. The van der Waals surface area contributed by atoms with E-state index in [1.54, 1.807) is 13.0 Å². The van der Waals surface area contributed by atoms with E-state index in [-0.39, 0.29) is 11.5 Å². The number of aryl methyl sites for hydroxylation is 2. The van der Waals surface area contributed by atoms with Crippen LogP contribution in [0.15, 0.2) is 60.7 Å². The van der Waals surface area contributed by atoms with Gasteiger partial charge in [0.05, 0.1) is 5.56 Å². The monoisotopic (exact) mass is 483 g/mol. The van der Waals surface area contributed by atoms with Crippen LogP contribution in [-0.4, -0.2) is 17.0 Å². The summed E-state index contributed by atoms with van der Waals surface area (Å²) in [5.74, 6) is -0.341. The third-order valence-electron chi connectivity index (χ3n) is 6.64. The van der Waals surface area contributed by atoms with Gasteiger partial charge in [-0.15, -0.1) is 0 Å². The minimum atomic E-state index is -1.02. The first kappa shape index (κ1) is 25.2. The lowest BCUT2D eigenvalue weighted by atomic mass is 9.94. The van der Waals surface area contributed by atoms with E-state index in [1.807, 2.05) is 12.1 Å². The molecule has 0 unspecified atom stereocenters. The normalized spacial score (nSPS) is 13.1. The number of rotatable bonds is 9. The van der Waals surface area contributed by atoms with Crippen molar-refractivity contribution in [1.29, 1.82) is 0 Å². The van der Waals surface area contributed by atoms with Crippen LogP contribution in [0.2, 0.25) is 0 Å². The molecule has 0 radical (unpaired) electrons. The van der Waals surface area contributed by atoms with Crippen LogP contribution >= 0.6 is 0 Å². The van der Waals surface area contributed by atoms with E-state index in [9.17, 15) is 14.7 Å². The molecule has 186 valence electrons. The Balaban J connectivity index is 1.72. The lowest BCUT2D eigenvalue weighted by Crippen LogP contribution is -2.11. The van der Waals surface area contributed by atoms with Crippen molar-refractivity contribution in [3.63, 3.8) is 0 Å². The van der Waals surface area contributed by atoms with E-state index in [2.05, 4.69) is 55.6 Å². The van der Waals surface area contributed by atoms with Crippen LogP contribution in [0.5, 0.6) is 5.75 Å². The van der Waals surface area contributed by atoms with Gasteiger partial charge in [-0.1, -0.05) is 49.7 Å². The molecule has 3 aromatic carbocycles. The third kappa shape index (κ3) is 5.85. The Bertz CT molecular complexity index is 1300. The third-order valence-corrected chi connectivity index (χ3v) is 6.64. The summed E-state index contributed by atoms with van der Waals surface area (Å²) in [6.45, 7) is 6.45. The number of carbonyl (C=O) groups is 2. The van der Waals surface area contributed by atoms with Gasteiger partial charge in [0.1, 0.15) is 12.4 Å². The molecule has 4 rings (SSSR count). The van der Waals surface area contributed by atoms with Gasteiger partial charge in [0, 0.05) is 17.7 Å². The molecule has 0 heterocycles. The first-order chi connectivity index (χ1) is 17.4. The average Bonchev–Trinajstić information content (AvgIpc) is 3.38. The number of nitrogens with one attached hydrogen (secondary N) is 1. The van der Waals surface area contributed by atoms with E-state index in [4.69, 9.17) is 4.74 Å². The predicted octanol–water partition coefficient (Wildman–Crippen LogP) is 7.28. The minimum Gasteiger partial charge on any atom is -0.488 e. The van der Waals surface area contributed by atoms with Crippen molar-refractivity contribution in [3.05, 3.63) is 94.0 Å². The van der Waals surface area contributed by atoms with E-state index in [1.165, 1.54) is 17.2 Å². The molecule has 5 heteroatoms. The summed E-state index contributed by atoms with van der Waals surface area (Å²) in [5.41, 5.74) is 8.37. The van der Waals surface area contributed by atoms with Crippen LogP contribution in [0.3, 0.4) is 0 Å². The van der Waals surface area contributed by atoms with Crippen molar-refractivity contribution in [1.82, 2.24) is 0 Å². The highest BCUT2D eigenvalue weighted by Crippen LogP contribution is 2.44. The zero-order valence-electron chi connectivity index (χ0n) is 21.2. The topological polar surface area (TPSA) is 75.6 Å². The minimum absolute atomic E-state index is 0.148. The summed E-state index contributed by atoms with van der Waals surface area (Å²) in [5, 5.41) is 12.5. The molecule has 3 aromatic rings. The zero-order chi connectivity index (χ0) is 25.7. The van der Waals surface area contributed by atoms with Crippen molar-refractivity contribution in [3.8, 4) is 5.75 Å². The summed E-state index contributed by atoms with van der Waals surface area (Å²) in [4.78, 5) is 23.8. The highest BCUT2D eigenvalue weighted by Gasteiger charge is 2.22. The maximum Gasteiger partial charge on any atom is 0.335 e. The molecule has 1 aliphatic rings. The molecule has 1 aliphatic carbocycles. The van der Waals surface area contributed by atoms with E-state index < -0.39 is 5.97 Å². The second kappa shape index (κ2) is 11.3. The fraction of sp³-hybridized carbons (Fsp3) is 0.290. The SMILES string of the molecule is CCC(=O)Nc1cc(C(=O)O)cc(C2=C(c3cc(C)ccc3OCc3ccc(CC)cc3)CCC2)c1. The Kier molecular flexibility index (Phi) is 7.89. The van der Waals surface area contributed by atoms with Gasteiger partial charge in [0.15, 0.2) is 0 Å². The number of carbonyl (C=O) groups excluding carboxylic acids is 1. The molecular formula is C31H33NO4. The van der Waals surface area contributed by atoms with Gasteiger partial charge < -0.3 is 15.2 Å². The van der Waals surface area contributed by atoms with Gasteiger partial charge in [0.25, 0.3) is 0 Å². The fourth-order valence-electron chi connectivity index (χ4n) is 4.64. The lowest BCUT2D eigenvalue weighted by Gasteiger charge is -2.16. The Hall–Kier alpha value is -3.86. The summed E-state index contributed by atoms with van der Waals surface area (Å²) >= 11 is 0. The van der Waals surface area contributed by atoms with Crippen molar-refractivity contribution < 1.29 is 19.4 Å². The number of hydrogen-bond donors (Lipinski definition) is 2. The zero-order valence-corrected chi connectivity index (χ0v) is 21.2. The van der Waals surface area contributed by atoms with Crippen LogP contribution in [0, 0.1) is 6.92 Å². The fourth-order valence-corrected chi connectivity index (χ4v) is 4.64. The van der Waals surface area contributed by atoms with Gasteiger partial charge in [-0.25, -0.2) is 4.79 Å². The average molecular weight is 484 g/mol. The van der Waals surface area contributed by atoms with Gasteiger partial charge in [0.2, 0.25) is 5.91 Å². The number of carboxylic acids is 1. The molecule has 0 atom stereocenters. The maximum absolute atomic E-state index is 12.0. The Morgan fingerprint density at radius 1 is 0.917 bits per heavy atom. The highest BCUT2D eigenvalue weighted by atomic mass is 16.5. The molecule has 2 N–H and O–H groups in total. The van der Waals surface area contributed by atoms with Gasteiger partial charge in [-0.05, 0) is 90.8 Å². The maximum atomic E-state index is 12.0. The highest BCUT2D eigenvalue weighted by molar-refractivity contribution is 5.99. The standard InChI is InChI=1S/C31H33NO4/c1-4-21-10-12-22(13-11-21)19-36-29-14-9-20(3)15-28(29)27-8-6-7-26(27)23-16-24(31(34)35)18-25(17-23)32-30(33)5-2/h9-18H,4-8,19H2,1-3H3,(H,32,33)(H,34,35). The molecule has 36 heavy (non-hydrogen) atoms. The van der Waals surface area contributed by atoms with Crippen LogP contribution in [0.4, 0.5) is 5.69 Å². The second-order valence-electron chi connectivity index (χ2n) is 9.27. The van der Waals surface area contributed by atoms with Crippen LogP contribution in [0.25, 0.3) is 11.1 Å². The smallest absolute Gasteiger partial charge is 0.335 e. The summed E-state index contributed by atoms with van der Waals surface area (Å²) < 4.78 is 6.32. The van der Waals surface area contributed by atoms with Crippen molar-refractivity contribution >= 4 is 28.7 Å². The van der Waals surface area contributed by atoms with Crippen molar-refractivity contribution in [2.45, 2.75) is 59.5 Å². The van der Waals surface area contributed by atoms with Gasteiger partial charge in [-0.3, -0.25) is 4.79 Å². The number of anilines is 1. The Morgan fingerprint density at radius 3 is 2.33 bits per heavy atom. The largest absolute Gasteiger partial charge is 0.488 e. The molecule has 0 spiro atoms. The molecular weight excluding hydrogens is 450 g/mol. The number of allylic oxidation sites excluding steroid dienone is 2. The van der Waals surface area contributed by atoms with Crippen LogP contribution in [-0.2, 0) is 17.8 Å². The Labute approximate surface area is 212 Å². The molecule has 0 aromatic heterocycles. The number of carboxylic acid groups (broad SMARTS) is 1. The number of aromatic carboxylic acids is 1. The molecule has 0 saturated heterocycles. The summed E-state index contributed by atoms with van der Waals surface area (Å²) in [6.07, 6.45) is 4.03. The van der Waals surface area contributed by atoms with E-state index in [0.717, 1.165) is 59.3 Å². The van der Waals surface area contributed by atoms with Crippen LogP contribution < -0.4 is 10.1 Å². The molecule has 0 fully saturated rings. The summed E-state index contributed by atoms with van der Waals surface area (Å²) in [6, 6.07) is 19.8. The number of ether oxygens (including phenoxy) is 1. The number of amides is 1. The molecule has 0 bridgehead atoms. The van der Waals surface area contributed by atoms with E-state index >= 15 is 0 Å². The van der Waals surface area contributed by atoms with E-state index in [0.29, 0.717) is 18.7 Å². The van der Waals surface area contributed by atoms with Crippen molar-refractivity contribution in [2.75, 3.05) is 5.32 Å². The number of benzene rings is 3. The van der Waals surface area contributed by atoms with Gasteiger partial charge >= 0.3 is 5.97 Å². The lowest BCUT2D eigenvalue weighted by molar-refractivity contribution is -0.115. The molecule has 0 saturated carbocycles. The second-order valence-corrected chi connectivity index (χ2v) is 9.27. The first-order valence-corrected chi connectivity index (χ1v) is 12.6. The molecule has 0 aliphatic heterocycles. The summed E-state index contributed by atoms with van der Waals surface area (Å²) in [7, 11) is 0. The van der Waals surface area contributed by atoms with Crippen molar-refractivity contribution in [2.24, 2.45) is 0 Å². The quantitative estimate of drug-likeness (QED) is 0.335. The predicted molar refractivity (Wildman–Crippen MR) is 144 cm³/mol. The molecule has 5 nitrogen and oxygen atoms in total.